The maximum Gasteiger partial charge on any atom is 0.241 e. The first-order chi connectivity index (χ1) is 16.0. The summed E-state index contributed by atoms with van der Waals surface area (Å²) in [5.74, 6) is 0.922. The highest BCUT2D eigenvalue weighted by molar-refractivity contribution is 5.81. The fraction of sp³-hybridized carbons (Fsp3) is 0.625. The lowest BCUT2D eigenvalue weighted by Crippen LogP contribution is -2.32. The third-order valence-electron chi connectivity index (χ3n) is 7.24. The van der Waals surface area contributed by atoms with Gasteiger partial charge in [0.1, 0.15) is 0 Å². The van der Waals surface area contributed by atoms with Crippen LogP contribution >= 0.6 is 0 Å². The van der Waals surface area contributed by atoms with E-state index >= 15 is 0 Å². The van der Waals surface area contributed by atoms with Crippen LogP contribution in [0.4, 0.5) is 5.95 Å². The average Bonchev–Trinajstić information content (AvgIpc) is 3.38. The minimum absolute atomic E-state index is 0.100. The number of rotatable bonds is 8. The average molecular weight is 455 g/mol. The van der Waals surface area contributed by atoms with Gasteiger partial charge in [-0.2, -0.15) is 5.10 Å². The predicted octanol–water partition coefficient (Wildman–Crippen LogP) is 3.41. The van der Waals surface area contributed by atoms with Gasteiger partial charge in [0, 0.05) is 42.1 Å². The van der Waals surface area contributed by atoms with Gasteiger partial charge in [-0.25, -0.2) is 9.50 Å². The molecular weight excluding hydrogens is 420 g/mol. The second-order valence-corrected chi connectivity index (χ2v) is 9.61. The highest BCUT2D eigenvalue weighted by atomic mass is 16.5. The van der Waals surface area contributed by atoms with Crippen LogP contribution in [0.1, 0.15) is 63.6 Å². The lowest BCUT2D eigenvalue weighted by molar-refractivity contribution is -0.0286. The Morgan fingerprint density at radius 3 is 2.76 bits per heavy atom. The lowest BCUT2D eigenvalue weighted by atomic mass is 9.76. The van der Waals surface area contributed by atoms with Crippen molar-refractivity contribution in [2.24, 2.45) is 0 Å². The summed E-state index contributed by atoms with van der Waals surface area (Å²) in [6.45, 7) is 6.12. The van der Waals surface area contributed by atoms with Crippen LogP contribution in [-0.4, -0.2) is 68.1 Å². The van der Waals surface area contributed by atoms with Crippen molar-refractivity contribution < 1.29 is 14.6 Å². The molecule has 1 saturated heterocycles. The van der Waals surface area contributed by atoms with Crippen molar-refractivity contribution in [3.63, 3.8) is 0 Å². The molecule has 0 spiro atoms. The summed E-state index contributed by atoms with van der Waals surface area (Å²) in [4.78, 5) is 4.59. The largest absolute Gasteiger partial charge is 0.390 e. The van der Waals surface area contributed by atoms with Gasteiger partial charge in [-0.15, -0.1) is 5.10 Å². The SMILES string of the molecule is CC[C@]1(O)CC[C@H](c2cc(-c3cnn(C4COC4)c3)c3cnc(N[C@@H](C)COC)nn32)CC1. The molecule has 0 unspecified atom stereocenters. The summed E-state index contributed by atoms with van der Waals surface area (Å²) >= 11 is 0. The van der Waals surface area contributed by atoms with E-state index in [2.05, 4.69) is 34.6 Å². The van der Waals surface area contributed by atoms with Gasteiger partial charge in [0.2, 0.25) is 5.95 Å². The van der Waals surface area contributed by atoms with Crippen LogP contribution in [0.2, 0.25) is 0 Å². The number of anilines is 1. The highest BCUT2D eigenvalue weighted by Gasteiger charge is 2.34. The number of hydrogen-bond donors (Lipinski definition) is 2. The van der Waals surface area contributed by atoms with Crippen molar-refractivity contribution in [1.29, 1.82) is 0 Å². The van der Waals surface area contributed by atoms with E-state index in [1.54, 1.807) is 7.11 Å². The van der Waals surface area contributed by atoms with Crippen molar-refractivity contribution >= 4 is 11.5 Å². The molecule has 2 N–H and O–H groups in total. The number of nitrogens with zero attached hydrogens (tertiary/aromatic N) is 5. The molecule has 2 aliphatic rings. The molecule has 1 atom stereocenters. The number of ether oxygens (including phenoxy) is 2. The number of nitrogens with one attached hydrogen (secondary N) is 1. The van der Waals surface area contributed by atoms with Gasteiger partial charge in [-0.05, 0) is 45.1 Å². The van der Waals surface area contributed by atoms with Crippen LogP contribution in [0, 0.1) is 0 Å². The van der Waals surface area contributed by atoms with E-state index in [4.69, 9.17) is 14.6 Å². The normalized spacial score (nSPS) is 24.7. The fourth-order valence-corrected chi connectivity index (χ4v) is 4.97. The molecule has 9 heteroatoms. The Morgan fingerprint density at radius 2 is 2.09 bits per heavy atom. The molecular formula is C24H34N6O3. The fourth-order valence-electron chi connectivity index (χ4n) is 4.97. The van der Waals surface area contributed by atoms with Crippen molar-refractivity contribution in [2.75, 3.05) is 32.2 Å². The zero-order chi connectivity index (χ0) is 23.0. The zero-order valence-corrected chi connectivity index (χ0v) is 19.7. The van der Waals surface area contributed by atoms with Gasteiger partial charge in [0.15, 0.2) is 0 Å². The topological polar surface area (TPSA) is 98.7 Å². The number of hydrogen-bond acceptors (Lipinski definition) is 7. The summed E-state index contributed by atoms with van der Waals surface area (Å²) in [6.07, 6.45) is 10.2. The number of aliphatic hydroxyl groups is 1. The molecule has 33 heavy (non-hydrogen) atoms. The summed E-state index contributed by atoms with van der Waals surface area (Å²) in [5.41, 5.74) is 3.75. The van der Waals surface area contributed by atoms with Gasteiger partial charge < -0.3 is 19.9 Å². The van der Waals surface area contributed by atoms with Crippen LogP contribution in [0.25, 0.3) is 16.6 Å². The Balaban J connectivity index is 1.51. The zero-order valence-electron chi connectivity index (χ0n) is 19.7. The van der Waals surface area contributed by atoms with Crippen LogP contribution in [0.5, 0.6) is 0 Å². The Morgan fingerprint density at radius 1 is 1.30 bits per heavy atom. The quantitative estimate of drug-likeness (QED) is 0.538. The van der Waals surface area contributed by atoms with E-state index in [-0.39, 0.29) is 6.04 Å². The molecule has 3 aromatic heterocycles. The first kappa shape index (κ1) is 22.3. The third-order valence-corrected chi connectivity index (χ3v) is 7.24. The molecule has 0 bridgehead atoms. The number of aromatic nitrogens is 5. The first-order valence-electron chi connectivity index (χ1n) is 12.0. The van der Waals surface area contributed by atoms with Crippen LogP contribution < -0.4 is 5.32 Å². The molecule has 5 rings (SSSR count). The lowest BCUT2D eigenvalue weighted by Gasteiger charge is -2.35. The second kappa shape index (κ2) is 9.04. The van der Waals surface area contributed by atoms with Crippen LogP contribution in [-0.2, 0) is 9.47 Å². The molecule has 4 heterocycles. The van der Waals surface area contributed by atoms with Gasteiger partial charge in [-0.1, -0.05) is 6.92 Å². The third kappa shape index (κ3) is 4.37. The number of methoxy groups -OCH3 is 1. The second-order valence-electron chi connectivity index (χ2n) is 9.61. The minimum atomic E-state index is -0.532. The van der Waals surface area contributed by atoms with E-state index < -0.39 is 5.60 Å². The molecule has 0 amide bonds. The van der Waals surface area contributed by atoms with Gasteiger partial charge in [0.25, 0.3) is 0 Å². The first-order valence-corrected chi connectivity index (χ1v) is 12.0. The summed E-state index contributed by atoms with van der Waals surface area (Å²) < 4.78 is 14.6. The van der Waals surface area contributed by atoms with E-state index in [0.29, 0.717) is 37.7 Å². The smallest absolute Gasteiger partial charge is 0.241 e. The van der Waals surface area contributed by atoms with Crippen molar-refractivity contribution in [3.05, 3.63) is 30.4 Å². The molecule has 0 aromatic carbocycles. The molecule has 9 nitrogen and oxygen atoms in total. The monoisotopic (exact) mass is 454 g/mol. The Kier molecular flexibility index (Phi) is 6.11. The van der Waals surface area contributed by atoms with Gasteiger partial charge >= 0.3 is 0 Å². The molecule has 0 radical (unpaired) electrons. The Bertz CT molecular complexity index is 1100. The van der Waals surface area contributed by atoms with E-state index in [0.717, 1.165) is 48.7 Å². The van der Waals surface area contributed by atoms with Crippen molar-refractivity contribution in [3.8, 4) is 11.1 Å². The van der Waals surface area contributed by atoms with E-state index in [9.17, 15) is 5.11 Å². The standard InChI is InChI=1S/C24H34N6O3/c1-4-24(31)7-5-17(6-8-24)21-9-20(18-10-26-29(12-18)19-14-33-15-19)22-11-25-23(28-30(21)22)27-16(2)13-32-3/h9-12,16-17,19,31H,4-8,13-15H2,1-3H3,(H,27,28)/t16-,17-,24-/m0/s1. The predicted molar refractivity (Wildman–Crippen MR) is 125 cm³/mol. The van der Waals surface area contributed by atoms with Crippen LogP contribution in [0.15, 0.2) is 24.7 Å². The van der Waals surface area contributed by atoms with Crippen molar-refractivity contribution in [1.82, 2.24) is 24.4 Å². The van der Waals surface area contributed by atoms with Gasteiger partial charge in [-0.3, -0.25) is 4.68 Å². The molecule has 1 saturated carbocycles. The molecule has 1 aliphatic heterocycles. The Labute approximate surface area is 194 Å². The summed E-state index contributed by atoms with van der Waals surface area (Å²) in [6, 6.07) is 2.65. The minimum Gasteiger partial charge on any atom is -0.390 e. The van der Waals surface area contributed by atoms with Crippen LogP contribution in [0.3, 0.4) is 0 Å². The van der Waals surface area contributed by atoms with E-state index in [1.165, 1.54) is 5.69 Å². The molecule has 3 aromatic rings. The van der Waals surface area contributed by atoms with E-state index in [1.807, 2.05) is 28.5 Å². The Hall–Kier alpha value is -2.49. The summed E-state index contributed by atoms with van der Waals surface area (Å²) in [5, 5.41) is 23.5. The molecule has 178 valence electrons. The highest BCUT2D eigenvalue weighted by Crippen LogP contribution is 2.41. The summed E-state index contributed by atoms with van der Waals surface area (Å²) in [7, 11) is 1.69. The maximum absolute atomic E-state index is 10.7. The molecule has 1 aliphatic carbocycles. The maximum atomic E-state index is 10.7. The van der Waals surface area contributed by atoms with Gasteiger partial charge in [0.05, 0.1) is 49.4 Å². The number of fused-ring (bicyclic) bond motifs is 1. The van der Waals surface area contributed by atoms with Crippen molar-refractivity contribution in [2.45, 2.75) is 69.6 Å². The molecule has 2 fully saturated rings.